The number of carbonyl (C=O) groups excluding carboxylic acids is 1. The van der Waals surface area contributed by atoms with Gasteiger partial charge in [-0.2, -0.15) is 0 Å². The maximum atomic E-state index is 13.5. The van der Waals surface area contributed by atoms with Gasteiger partial charge in [-0.15, -0.1) is 6.58 Å². The van der Waals surface area contributed by atoms with Crippen LogP contribution in [0.1, 0.15) is 35.4 Å². The molecule has 49 heavy (non-hydrogen) atoms. The fourth-order valence-corrected chi connectivity index (χ4v) is 6.29. The predicted octanol–water partition coefficient (Wildman–Crippen LogP) is 6.23. The zero-order valence-corrected chi connectivity index (χ0v) is 28.8. The highest BCUT2D eigenvalue weighted by molar-refractivity contribution is 5.68. The smallest absolute Gasteiger partial charge is 0.410 e. The van der Waals surface area contributed by atoms with E-state index in [0.717, 1.165) is 59.8 Å². The Morgan fingerprint density at radius 2 is 1.63 bits per heavy atom. The van der Waals surface area contributed by atoms with E-state index in [9.17, 15) is 4.79 Å². The second-order valence-corrected chi connectivity index (χ2v) is 12.2. The van der Waals surface area contributed by atoms with Crippen LogP contribution in [0.4, 0.5) is 10.5 Å². The molecule has 5 rings (SSSR count). The Morgan fingerprint density at radius 3 is 2.39 bits per heavy atom. The van der Waals surface area contributed by atoms with Crippen LogP contribution in [0, 0.1) is 0 Å². The van der Waals surface area contributed by atoms with Crippen LogP contribution in [0.25, 0.3) is 0 Å². The summed E-state index contributed by atoms with van der Waals surface area (Å²) in [5.41, 5.74) is 4.05. The van der Waals surface area contributed by atoms with E-state index in [1.54, 1.807) is 25.2 Å². The topological polar surface area (TPSA) is 88.2 Å². The van der Waals surface area contributed by atoms with Crippen molar-refractivity contribution in [1.29, 1.82) is 0 Å². The number of carbonyl (C=O) groups is 1. The summed E-state index contributed by atoms with van der Waals surface area (Å²) >= 11 is 0. The Hall–Kier alpha value is -4.09. The van der Waals surface area contributed by atoms with Gasteiger partial charge in [0, 0.05) is 46.3 Å². The molecular formula is C39H50N2O8. The molecule has 0 bridgehead atoms. The van der Waals surface area contributed by atoms with Crippen LogP contribution >= 0.6 is 0 Å². The summed E-state index contributed by atoms with van der Waals surface area (Å²) in [6.45, 7) is 9.72. The zero-order chi connectivity index (χ0) is 34.3. The lowest BCUT2D eigenvalue weighted by molar-refractivity contribution is -0.0868. The van der Waals surface area contributed by atoms with Gasteiger partial charge < -0.3 is 43.0 Å². The molecule has 10 nitrogen and oxygen atoms in total. The number of benzene rings is 3. The average molecular weight is 675 g/mol. The molecule has 0 aliphatic carbocycles. The van der Waals surface area contributed by atoms with E-state index in [1.807, 2.05) is 54.6 Å². The van der Waals surface area contributed by atoms with E-state index in [4.69, 9.17) is 33.2 Å². The molecule has 0 saturated carbocycles. The first-order chi connectivity index (χ1) is 24.1. The summed E-state index contributed by atoms with van der Waals surface area (Å²) in [5, 5.41) is 0. The molecule has 3 aromatic carbocycles. The molecule has 1 fully saturated rings. The van der Waals surface area contributed by atoms with Crippen LogP contribution in [0.15, 0.2) is 85.5 Å². The van der Waals surface area contributed by atoms with Crippen molar-refractivity contribution in [3.05, 3.63) is 102 Å². The van der Waals surface area contributed by atoms with Gasteiger partial charge in [0.15, 0.2) is 0 Å². The van der Waals surface area contributed by atoms with Crippen molar-refractivity contribution in [1.82, 2.24) is 4.90 Å². The number of piperidine rings is 1. The fourth-order valence-electron chi connectivity index (χ4n) is 6.29. The van der Waals surface area contributed by atoms with E-state index < -0.39 is 6.09 Å². The van der Waals surface area contributed by atoms with Crippen LogP contribution in [0.5, 0.6) is 11.5 Å². The molecular weight excluding hydrogens is 624 g/mol. The maximum absolute atomic E-state index is 13.5. The van der Waals surface area contributed by atoms with Crippen molar-refractivity contribution in [2.75, 3.05) is 78.3 Å². The van der Waals surface area contributed by atoms with Gasteiger partial charge in [0.05, 0.1) is 57.4 Å². The highest BCUT2D eigenvalue weighted by atomic mass is 16.6. The van der Waals surface area contributed by atoms with E-state index in [2.05, 4.69) is 29.7 Å². The Morgan fingerprint density at radius 1 is 0.878 bits per heavy atom. The maximum Gasteiger partial charge on any atom is 0.410 e. The number of fused-ring (bicyclic) bond motifs is 1. The molecule has 3 atom stereocenters. The van der Waals surface area contributed by atoms with Crippen molar-refractivity contribution in [2.45, 2.75) is 44.2 Å². The van der Waals surface area contributed by atoms with Crippen molar-refractivity contribution < 1.29 is 38.0 Å². The van der Waals surface area contributed by atoms with Gasteiger partial charge in [0.2, 0.25) is 0 Å². The number of hydrogen-bond donors (Lipinski definition) is 0. The first-order valence-corrected chi connectivity index (χ1v) is 17.1. The fraction of sp³-hybridized carbons (Fsp3) is 0.462. The lowest BCUT2D eigenvalue weighted by Gasteiger charge is -2.43. The minimum atomic E-state index is -0.402. The highest BCUT2D eigenvalue weighted by Gasteiger charge is 2.41. The third-order valence-electron chi connectivity index (χ3n) is 8.74. The number of hydrogen-bond acceptors (Lipinski definition) is 9. The molecule has 264 valence electrons. The van der Waals surface area contributed by atoms with Gasteiger partial charge in [0.1, 0.15) is 24.7 Å². The van der Waals surface area contributed by atoms with Crippen molar-refractivity contribution in [2.24, 2.45) is 0 Å². The van der Waals surface area contributed by atoms with Gasteiger partial charge >= 0.3 is 6.09 Å². The summed E-state index contributed by atoms with van der Waals surface area (Å²) < 4.78 is 41.2. The number of amides is 1. The largest absolute Gasteiger partial charge is 0.494 e. The Labute approximate surface area is 290 Å². The van der Waals surface area contributed by atoms with Crippen molar-refractivity contribution >= 4 is 11.8 Å². The standard InChI is InChI=1S/C39H50N2O8/c1-4-20-46-36-26-41(39(42)49-28-30-10-6-5-7-11-30)27-37(38(36)32-13-15-33(16-14-32)45-23-9-22-44-3)48-29-31-12-17-35-34(25-31)40(19-24-47-35)18-8-21-43-2/h4-7,10-17,25,36-38H,1,8-9,18-24,26-29H2,2-3H3/t36-,37+,38+/m1/s1. The Bertz CT molecular complexity index is 1440. The van der Waals surface area contributed by atoms with Gasteiger partial charge in [-0.3, -0.25) is 0 Å². The summed E-state index contributed by atoms with van der Waals surface area (Å²) in [6, 6.07) is 24.0. The minimum Gasteiger partial charge on any atom is -0.494 e. The van der Waals surface area contributed by atoms with Crippen LogP contribution in [-0.2, 0) is 36.9 Å². The Balaban J connectivity index is 1.36. The third kappa shape index (κ3) is 10.4. The molecule has 2 aliphatic rings. The van der Waals surface area contributed by atoms with E-state index in [1.165, 1.54) is 0 Å². The molecule has 0 spiro atoms. The van der Waals surface area contributed by atoms with Crippen molar-refractivity contribution in [3.8, 4) is 11.5 Å². The second-order valence-electron chi connectivity index (χ2n) is 12.2. The molecule has 0 unspecified atom stereocenters. The minimum absolute atomic E-state index is 0.160. The summed E-state index contributed by atoms with van der Waals surface area (Å²) in [5.74, 6) is 1.50. The second kappa shape index (κ2) is 19.2. The molecule has 2 aliphatic heterocycles. The summed E-state index contributed by atoms with van der Waals surface area (Å²) in [7, 11) is 3.41. The number of ether oxygens (including phenoxy) is 7. The summed E-state index contributed by atoms with van der Waals surface area (Å²) in [6.07, 6.45) is 2.32. The highest BCUT2D eigenvalue weighted by Crippen LogP contribution is 2.36. The molecule has 0 N–H and O–H groups in total. The number of rotatable bonds is 18. The van der Waals surface area contributed by atoms with E-state index in [-0.39, 0.29) is 24.7 Å². The zero-order valence-electron chi connectivity index (χ0n) is 28.8. The van der Waals surface area contributed by atoms with Crippen LogP contribution in [-0.4, -0.2) is 96.6 Å². The SMILES string of the molecule is C=CCO[C@@H]1CN(C(=O)OCc2ccccc2)C[C@H](OCc2ccc3c(c2)N(CCCOC)CCO3)[C@H]1c1ccc(OCCCOC)cc1. The molecule has 0 aromatic heterocycles. The monoisotopic (exact) mass is 674 g/mol. The molecule has 10 heteroatoms. The van der Waals surface area contributed by atoms with Crippen LogP contribution < -0.4 is 14.4 Å². The first kappa shape index (κ1) is 36.2. The molecule has 1 amide bonds. The number of nitrogens with zero attached hydrogens (tertiary/aromatic N) is 2. The quantitative estimate of drug-likeness (QED) is 0.115. The van der Waals surface area contributed by atoms with Gasteiger partial charge in [-0.1, -0.05) is 54.6 Å². The number of likely N-dealkylation sites (tertiary alicyclic amines) is 1. The lowest BCUT2D eigenvalue weighted by Crippen LogP contribution is -2.54. The van der Waals surface area contributed by atoms with E-state index >= 15 is 0 Å². The normalized spacial score (nSPS) is 18.8. The van der Waals surface area contributed by atoms with Gasteiger partial charge in [-0.25, -0.2) is 4.79 Å². The van der Waals surface area contributed by atoms with Crippen LogP contribution in [0.2, 0.25) is 0 Å². The number of methoxy groups -OCH3 is 2. The lowest BCUT2D eigenvalue weighted by atomic mass is 9.84. The average Bonchev–Trinajstić information content (AvgIpc) is 3.14. The number of anilines is 1. The summed E-state index contributed by atoms with van der Waals surface area (Å²) in [4.78, 5) is 17.5. The van der Waals surface area contributed by atoms with Crippen LogP contribution in [0.3, 0.4) is 0 Å². The van der Waals surface area contributed by atoms with Crippen molar-refractivity contribution in [3.63, 3.8) is 0 Å². The molecule has 2 heterocycles. The van der Waals surface area contributed by atoms with Gasteiger partial charge in [-0.05, 0) is 47.4 Å². The van der Waals surface area contributed by atoms with Gasteiger partial charge in [0.25, 0.3) is 0 Å². The molecule has 0 radical (unpaired) electrons. The first-order valence-electron chi connectivity index (χ1n) is 17.1. The predicted molar refractivity (Wildman–Crippen MR) is 189 cm³/mol. The molecule has 3 aromatic rings. The molecule has 1 saturated heterocycles. The third-order valence-corrected chi connectivity index (χ3v) is 8.74. The Kier molecular flexibility index (Phi) is 14.2. The van der Waals surface area contributed by atoms with E-state index in [0.29, 0.717) is 52.7 Å².